The average Bonchev–Trinajstić information content (AvgIpc) is 2.91. The lowest BCUT2D eigenvalue weighted by molar-refractivity contribution is 0.387. The molecule has 20 heavy (non-hydrogen) atoms. The first-order valence-electron chi connectivity index (χ1n) is 6.82. The first-order valence-corrected chi connectivity index (χ1v) is 8.64. The highest BCUT2D eigenvalue weighted by molar-refractivity contribution is 7.89. The van der Waals surface area contributed by atoms with Crippen LogP contribution < -0.4 is 5.32 Å². The maximum absolute atomic E-state index is 12.7. The molecule has 0 amide bonds. The molecule has 6 heteroatoms. The van der Waals surface area contributed by atoms with E-state index in [9.17, 15) is 8.42 Å². The van der Waals surface area contributed by atoms with E-state index >= 15 is 0 Å². The molecule has 0 saturated carbocycles. The van der Waals surface area contributed by atoms with Crippen LogP contribution in [0.3, 0.4) is 0 Å². The van der Waals surface area contributed by atoms with Gasteiger partial charge in [-0.3, -0.25) is 0 Å². The molecular formula is C14H21ClN2O2S. The Morgan fingerprint density at radius 2 is 2.10 bits per heavy atom. The van der Waals surface area contributed by atoms with Gasteiger partial charge in [0.15, 0.2) is 0 Å². The second-order valence-corrected chi connectivity index (χ2v) is 7.89. The van der Waals surface area contributed by atoms with Crippen LogP contribution in [0.4, 0.5) is 0 Å². The van der Waals surface area contributed by atoms with Gasteiger partial charge in [-0.2, -0.15) is 4.31 Å². The third-order valence-electron chi connectivity index (χ3n) is 3.83. The van der Waals surface area contributed by atoms with Crippen LogP contribution in [0.25, 0.3) is 0 Å². The van der Waals surface area contributed by atoms with Crippen LogP contribution >= 0.6 is 11.6 Å². The van der Waals surface area contributed by atoms with Crippen molar-refractivity contribution in [3.8, 4) is 0 Å². The summed E-state index contributed by atoms with van der Waals surface area (Å²) >= 11 is 6.11. The van der Waals surface area contributed by atoms with Gasteiger partial charge < -0.3 is 5.32 Å². The zero-order chi connectivity index (χ0) is 14.9. The van der Waals surface area contributed by atoms with Gasteiger partial charge in [-0.05, 0) is 36.6 Å². The first-order chi connectivity index (χ1) is 9.34. The van der Waals surface area contributed by atoms with Crippen molar-refractivity contribution in [2.45, 2.75) is 37.1 Å². The van der Waals surface area contributed by atoms with Crippen LogP contribution in [0.1, 0.15) is 31.7 Å². The molecule has 4 nitrogen and oxygen atoms in total. The summed E-state index contributed by atoms with van der Waals surface area (Å²) in [5.74, 6) is 0.264. The van der Waals surface area contributed by atoms with Crippen LogP contribution in [-0.2, 0) is 10.0 Å². The molecule has 1 aliphatic rings. The van der Waals surface area contributed by atoms with Crippen LogP contribution in [-0.4, -0.2) is 38.9 Å². The normalized spacial score (nSPS) is 20.0. The van der Waals surface area contributed by atoms with Crippen molar-refractivity contribution in [1.29, 1.82) is 0 Å². The van der Waals surface area contributed by atoms with Crippen molar-refractivity contribution in [2.75, 3.05) is 20.1 Å². The number of sulfonamides is 1. The quantitative estimate of drug-likeness (QED) is 0.928. The van der Waals surface area contributed by atoms with Gasteiger partial charge in [-0.1, -0.05) is 31.5 Å². The highest BCUT2D eigenvalue weighted by atomic mass is 35.5. The number of hydrogen-bond donors (Lipinski definition) is 1. The molecule has 0 bridgehead atoms. The summed E-state index contributed by atoms with van der Waals surface area (Å²) in [6, 6.07) is 5.24. The van der Waals surface area contributed by atoms with Crippen LogP contribution in [0.2, 0.25) is 5.02 Å². The Balaban J connectivity index is 2.40. The molecular weight excluding hydrogens is 296 g/mol. The molecule has 1 aromatic carbocycles. The molecule has 1 heterocycles. The zero-order valence-corrected chi connectivity index (χ0v) is 13.6. The van der Waals surface area contributed by atoms with Gasteiger partial charge in [0.1, 0.15) is 4.90 Å². The number of hydrogen-bond acceptors (Lipinski definition) is 3. The molecule has 1 fully saturated rings. The maximum atomic E-state index is 12.7. The van der Waals surface area contributed by atoms with E-state index in [1.54, 1.807) is 19.2 Å². The SMILES string of the molecule is CC(C)c1ccc(Cl)c(S(=O)(=O)N(C)C2CCNC2)c1. The fourth-order valence-electron chi connectivity index (χ4n) is 2.38. The molecule has 1 unspecified atom stereocenters. The molecule has 112 valence electrons. The van der Waals surface area contributed by atoms with Crippen molar-refractivity contribution in [3.63, 3.8) is 0 Å². The highest BCUT2D eigenvalue weighted by Gasteiger charge is 2.31. The Labute approximate surface area is 126 Å². The monoisotopic (exact) mass is 316 g/mol. The second kappa shape index (κ2) is 6.02. The number of nitrogens with zero attached hydrogens (tertiary/aromatic N) is 1. The molecule has 1 atom stereocenters. The van der Waals surface area contributed by atoms with Gasteiger partial charge in [0, 0.05) is 19.6 Å². The molecule has 1 saturated heterocycles. The van der Waals surface area contributed by atoms with E-state index in [1.165, 1.54) is 4.31 Å². The smallest absolute Gasteiger partial charge is 0.244 e. The van der Waals surface area contributed by atoms with E-state index in [1.807, 2.05) is 19.9 Å². The summed E-state index contributed by atoms with van der Waals surface area (Å²) in [7, 11) is -1.92. The lowest BCUT2D eigenvalue weighted by atomic mass is 10.0. The molecule has 2 rings (SSSR count). The largest absolute Gasteiger partial charge is 0.315 e. The van der Waals surface area contributed by atoms with Gasteiger partial charge in [-0.25, -0.2) is 8.42 Å². The van der Waals surface area contributed by atoms with Crippen LogP contribution in [0.5, 0.6) is 0 Å². The number of likely N-dealkylation sites (N-methyl/N-ethyl adjacent to an activating group) is 1. The molecule has 0 aliphatic carbocycles. The molecule has 1 aliphatic heterocycles. The fraction of sp³-hybridized carbons (Fsp3) is 0.571. The minimum absolute atomic E-state index is 0.00114. The minimum atomic E-state index is -3.55. The molecule has 1 N–H and O–H groups in total. The predicted octanol–water partition coefficient (Wildman–Crippen LogP) is 2.45. The van der Waals surface area contributed by atoms with E-state index in [4.69, 9.17) is 11.6 Å². The van der Waals surface area contributed by atoms with Gasteiger partial charge in [0.25, 0.3) is 0 Å². The van der Waals surface area contributed by atoms with Crippen molar-refractivity contribution in [2.24, 2.45) is 0 Å². The number of benzene rings is 1. The van der Waals surface area contributed by atoms with Crippen LogP contribution in [0.15, 0.2) is 23.1 Å². The third kappa shape index (κ3) is 3.01. The lowest BCUT2D eigenvalue weighted by Gasteiger charge is -2.24. The predicted molar refractivity (Wildman–Crippen MR) is 81.8 cm³/mol. The Bertz CT molecular complexity index is 581. The van der Waals surface area contributed by atoms with E-state index in [2.05, 4.69) is 5.32 Å². The Hall–Kier alpha value is -0.620. The first kappa shape index (κ1) is 15.8. The Kier molecular flexibility index (Phi) is 4.74. The number of nitrogens with one attached hydrogen (secondary N) is 1. The second-order valence-electron chi connectivity index (χ2n) is 5.51. The van der Waals surface area contributed by atoms with Crippen LogP contribution in [0, 0.1) is 0 Å². The summed E-state index contributed by atoms with van der Waals surface area (Å²) < 4.78 is 26.9. The number of halogens is 1. The van der Waals surface area contributed by atoms with Gasteiger partial charge in [0.05, 0.1) is 5.02 Å². The topological polar surface area (TPSA) is 49.4 Å². The van der Waals surface area contributed by atoms with E-state index < -0.39 is 10.0 Å². The standard InChI is InChI=1S/C14H21ClN2O2S/c1-10(2)11-4-5-13(15)14(8-11)20(18,19)17(3)12-6-7-16-9-12/h4-5,8,10,12,16H,6-7,9H2,1-3H3. The minimum Gasteiger partial charge on any atom is -0.315 e. The van der Waals surface area contributed by atoms with Crippen molar-refractivity contribution in [1.82, 2.24) is 9.62 Å². The van der Waals surface area contributed by atoms with E-state index in [0.717, 1.165) is 18.5 Å². The van der Waals surface area contributed by atoms with Crippen molar-refractivity contribution >= 4 is 21.6 Å². The number of rotatable bonds is 4. The van der Waals surface area contributed by atoms with E-state index in [-0.39, 0.29) is 21.9 Å². The lowest BCUT2D eigenvalue weighted by Crippen LogP contribution is -2.38. The summed E-state index contributed by atoms with van der Waals surface area (Å²) in [6.45, 7) is 5.61. The molecule has 0 aromatic heterocycles. The highest BCUT2D eigenvalue weighted by Crippen LogP contribution is 2.29. The summed E-state index contributed by atoms with van der Waals surface area (Å²) in [6.07, 6.45) is 0.831. The molecule has 1 aromatic rings. The van der Waals surface area contributed by atoms with Gasteiger partial charge >= 0.3 is 0 Å². The van der Waals surface area contributed by atoms with E-state index in [0.29, 0.717) is 6.54 Å². The maximum Gasteiger partial charge on any atom is 0.244 e. The summed E-state index contributed by atoms with van der Waals surface area (Å²) in [5.41, 5.74) is 0.978. The summed E-state index contributed by atoms with van der Waals surface area (Å²) in [4.78, 5) is 0.208. The van der Waals surface area contributed by atoms with Gasteiger partial charge in [-0.15, -0.1) is 0 Å². The molecule has 0 radical (unpaired) electrons. The van der Waals surface area contributed by atoms with Crippen molar-refractivity contribution in [3.05, 3.63) is 28.8 Å². The third-order valence-corrected chi connectivity index (χ3v) is 6.22. The fourth-order valence-corrected chi connectivity index (χ4v) is 4.27. The van der Waals surface area contributed by atoms with Crippen molar-refractivity contribution < 1.29 is 8.42 Å². The Morgan fingerprint density at radius 3 is 2.65 bits per heavy atom. The Morgan fingerprint density at radius 1 is 1.40 bits per heavy atom. The zero-order valence-electron chi connectivity index (χ0n) is 12.1. The summed E-state index contributed by atoms with van der Waals surface area (Å²) in [5, 5.41) is 3.47. The average molecular weight is 317 g/mol. The molecule has 0 spiro atoms. The van der Waals surface area contributed by atoms with Gasteiger partial charge in [0.2, 0.25) is 10.0 Å².